The molecule has 2 aromatic carbocycles. The number of amides is 2. The molecule has 1 atom stereocenters. The van der Waals surface area contributed by atoms with Gasteiger partial charge >= 0.3 is 0 Å². The number of para-hydroxylation sites is 1. The van der Waals surface area contributed by atoms with Gasteiger partial charge in [-0.1, -0.05) is 90.3 Å². The SMILES string of the molecule is CCC(=O)N(C(=S)NC(NC(=O)/C=C/c1ccccc1)C(Cl)(Cl)Cl)c1cccc2cccnc12. The molecule has 0 aliphatic carbocycles. The van der Waals surface area contributed by atoms with Crippen LogP contribution in [0.4, 0.5) is 5.69 Å². The van der Waals surface area contributed by atoms with Gasteiger partial charge in [-0.2, -0.15) is 0 Å². The number of hydrogen-bond acceptors (Lipinski definition) is 4. The molecule has 0 fully saturated rings. The van der Waals surface area contributed by atoms with Gasteiger partial charge in [-0.05, 0) is 36.0 Å². The number of fused-ring (bicyclic) bond motifs is 1. The number of nitrogens with zero attached hydrogens (tertiary/aromatic N) is 2. The summed E-state index contributed by atoms with van der Waals surface area (Å²) in [6, 6.07) is 18.3. The van der Waals surface area contributed by atoms with E-state index in [4.69, 9.17) is 47.0 Å². The molecule has 1 heterocycles. The Morgan fingerprint density at radius 2 is 1.76 bits per heavy atom. The molecule has 1 aromatic heterocycles. The van der Waals surface area contributed by atoms with Gasteiger partial charge in [0, 0.05) is 24.1 Å². The van der Waals surface area contributed by atoms with E-state index in [9.17, 15) is 9.59 Å². The minimum Gasteiger partial charge on any atom is -0.338 e. The average molecular weight is 536 g/mol. The number of rotatable bonds is 6. The van der Waals surface area contributed by atoms with Gasteiger partial charge in [-0.25, -0.2) is 0 Å². The molecule has 3 aromatic rings. The van der Waals surface area contributed by atoms with Gasteiger partial charge in [0.25, 0.3) is 0 Å². The highest BCUT2D eigenvalue weighted by Crippen LogP contribution is 2.30. The molecule has 3 rings (SSSR count). The Kier molecular flexibility index (Phi) is 8.85. The van der Waals surface area contributed by atoms with E-state index in [2.05, 4.69) is 15.6 Å². The van der Waals surface area contributed by atoms with E-state index < -0.39 is 15.9 Å². The van der Waals surface area contributed by atoms with Gasteiger partial charge in [0.1, 0.15) is 6.17 Å². The van der Waals surface area contributed by atoms with Crippen LogP contribution in [-0.2, 0) is 9.59 Å². The lowest BCUT2D eigenvalue weighted by Gasteiger charge is -2.31. The van der Waals surface area contributed by atoms with Crippen LogP contribution in [0.3, 0.4) is 0 Å². The zero-order valence-electron chi connectivity index (χ0n) is 18.0. The summed E-state index contributed by atoms with van der Waals surface area (Å²) in [7, 11) is 0. The van der Waals surface area contributed by atoms with Crippen molar-refractivity contribution in [3.05, 3.63) is 78.5 Å². The van der Waals surface area contributed by atoms with Crippen molar-refractivity contribution in [2.24, 2.45) is 0 Å². The number of hydrogen-bond donors (Lipinski definition) is 2. The maximum atomic E-state index is 12.9. The molecular weight excluding hydrogens is 515 g/mol. The summed E-state index contributed by atoms with van der Waals surface area (Å²) >= 11 is 23.9. The van der Waals surface area contributed by atoms with Crippen LogP contribution >= 0.6 is 47.0 Å². The van der Waals surface area contributed by atoms with E-state index in [0.29, 0.717) is 11.2 Å². The molecule has 2 N–H and O–H groups in total. The third kappa shape index (κ3) is 6.67. The molecule has 0 aliphatic rings. The fourth-order valence-electron chi connectivity index (χ4n) is 3.10. The summed E-state index contributed by atoms with van der Waals surface area (Å²) in [5.41, 5.74) is 1.88. The highest BCUT2D eigenvalue weighted by Gasteiger charge is 2.36. The number of thiocarbonyl (C=S) groups is 1. The van der Waals surface area contributed by atoms with Gasteiger partial charge in [0.05, 0.1) is 11.2 Å². The van der Waals surface area contributed by atoms with E-state index in [1.165, 1.54) is 11.0 Å². The maximum absolute atomic E-state index is 12.9. The quantitative estimate of drug-likeness (QED) is 0.192. The van der Waals surface area contributed by atoms with Gasteiger partial charge in [-0.3, -0.25) is 19.5 Å². The number of aromatic nitrogens is 1. The minimum absolute atomic E-state index is 0.0475. The Bertz CT molecular complexity index is 1210. The van der Waals surface area contributed by atoms with Gasteiger partial charge < -0.3 is 10.6 Å². The normalized spacial score (nSPS) is 12.4. The average Bonchev–Trinajstić information content (AvgIpc) is 2.82. The Hall–Kier alpha value is -2.71. The number of alkyl halides is 3. The van der Waals surface area contributed by atoms with Crippen molar-refractivity contribution >= 4 is 86.6 Å². The smallest absolute Gasteiger partial charge is 0.245 e. The van der Waals surface area contributed by atoms with Crippen LogP contribution < -0.4 is 15.5 Å². The van der Waals surface area contributed by atoms with E-state index in [1.807, 2.05) is 42.5 Å². The number of carbonyl (C=O) groups excluding carboxylic acids is 2. The molecule has 10 heteroatoms. The molecule has 34 heavy (non-hydrogen) atoms. The molecule has 176 valence electrons. The topological polar surface area (TPSA) is 74.3 Å². The largest absolute Gasteiger partial charge is 0.338 e. The third-order valence-corrected chi connectivity index (χ3v) is 5.67. The highest BCUT2D eigenvalue weighted by molar-refractivity contribution is 7.80. The van der Waals surface area contributed by atoms with E-state index in [0.717, 1.165) is 10.9 Å². The van der Waals surface area contributed by atoms with E-state index >= 15 is 0 Å². The van der Waals surface area contributed by atoms with Crippen molar-refractivity contribution in [2.45, 2.75) is 23.3 Å². The van der Waals surface area contributed by atoms with Crippen LogP contribution in [0.5, 0.6) is 0 Å². The van der Waals surface area contributed by atoms with Crippen molar-refractivity contribution in [3.8, 4) is 0 Å². The Morgan fingerprint density at radius 1 is 1.06 bits per heavy atom. The Balaban J connectivity index is 1.85. The number of nitrogens with one attached hydrogen (secondary N) is 2. The van der Waals surface area contributed by atoms with Crippen LogP contribution in [0.25, 0.3) is 17.0 Å². The van der Waals surface area contributed by atoms with Crippen LogP contribution in [0.15, 0.2) is 72.9 Å². The highest BCUT2D eigenvalue weighted by atomic mass is 35.6. The summed E-state index contributed by atoms with van der Waals surface area (Å²) in [4.78, 5) is 31.1. The van der Waals surface area contributed by atoms with E-state index in [-0.39, 0.29) is 17.4 Å². The van der Waals surface area contributed by atoms with Crippen molar-refractivity contribution in [1.82, 2.24) is 15.6 Å². The summed E-state index contributed by atoms with van der Waals surface area (Å²) in [5, 5.41) is 6.18. The zero-order valence-corrected chi connectivity index (χ0v) is 21.1. The zero-order chi connectivity index (χ0) is 24.7. The number of anilines is 1. The molecule has 1 unspecified atom stereocenters. The first kappa shape index (κ1) is 25.9. The van der Waals surface area contributed by atoms with Gasteiger partial charge in [0.2, 0.25) is 15.6 Å². The lowest BCUT2D eigenvalue weighted by Crippen LogP contribution is -2.58. The molecule has 6 nitrogen and oxygen atoms in total. The number of benzene rings is 2. The Morgan fingerprint density at radius 3 is 2.44 bits per heavy atom. The summed E-state index contributed by atoms with van der Waals surface area (Å²) in [6.07, 6.45) is 3.49. The van der Waals surface area contributed by atoms with E-state index in [1.54, 1.807) is 37.4 Å². The van der Waals surface area contributed by atoms with Crippen LogP contribution in [0.2, 0.25) is 0 Å². The number of carbonyl (C=O) groups is 2. The molecule has 0 bridgehead atoms. The third-order valence-electron chi connectivity index (χ3n) is 4.72. The van der Waals surface area contributed by atoms with Crippen LogP contribution in [-0.4, -0.2) is 31.9 Å². The molecule has 0 saturated carbocycles. The van der Waals surface area contributed by atoms with Gasteiger partial charge in [0.15, 0.2) is 5.11 Å². The minimum atomic E-state index is -1.97. The standard InChI is InChI=1S/C24H21Cl3N4O2S/c1-2-20(33)31(18-12-6-10-17-11-7-15-28-21(17)18)23(34)30-22(24(25,26)27)29-19(32)14-13-16-8-4-3-5-9-16/h3-15,22H,2H2,1H3,(H,29,32)(H,30,34)/b14-13+. The molecule has 0 spiro atoms. The lowest BCUT2D eigenvalue weighted by atomic mass is 10.1. The van der Waals surface area contributed by atoms with Crippen molar-refractivity contribution < 1.29 is 9.59 Å². The molecule has 0 radical (unpaired) electrons. The summed E-state index contributed by atoms with van der Waals surface area (Å²) in [6.45, 7) is 1.71. The monoisotopic (exact) mass is 534 g/mol. The second kappa shape index (κ2) is 11.6. The first-order valence-electron chi connectivity index (χ1n) is 10.3. The lowest BCUT2D eigenvalue weighted by molar-refractivity contribution is -0.117. The van der Waals surface area contributed by atoms with Crippen molar-refractivity contribution in [3.63, 3.8) is 0 Å². The Labute approximate surface area is 217 Å². The second-order valence-electron chi connectivity index (χ2n) is 7.11. The fraction of sp³-hybridized carbons (Fsp3) is 0.167. The van der Waals surface area contributed by atoms with Gasteiger partial charge in [-0.15, -0.1) is 0 Å². The predicted molar refractivity (Wildman–Crippen MR) is 143 cm³/mol. The summed E-state index contributed by atoms with van der Waals surface area (Å²) < 4.78 is -1.97. The summed E-state index contributed by atoms with van der Waals surface area (Å²) in [5.74, 6) is -0.815. The van der Waals surface area contributed by atoms with Crippen LogP contribution in [0.1, 0.15) is 18.9 Å². The van der Waals surface area contributed by atoms with Crippen molar-refractivity contribution in [1.29, 1.82) is 0 Å². The number of halogens is 3. The first-order chi connectivity index (χ1) is 16.2. The predicted octanol–water partition coefficient (Wildman–Crippen LogP) is 5.38. The number of pyridine rings is 1. The molecule has 2 amide bonds. The first-order valence-corrected chi connectivity index (χ1v) is 11.8. The van der Waals surface area contributed by atoms with Crippen LogP contribution in [0, 0.1) is 0 Å². The molecule has 0 aliphatic heterocycles. The fourth-order valence-corrected chi connectivity index (χ4v) is 3.74. The maximum Gasteiger partial charge on any atom is 0.245 e. The van der Waals surface area contributed by atoms with Crippen molar-refractivity contribution in [2.75, 3.05) is 4.90 Å². The second-order valence-corrected chi connectivity index (χ2v) is 9.87. The molecular formula is C24H21Cl3N4O2S. The molecule has 0 saturated heterocycles.